The Morgan fingerprint density at radius 2 is 1.90 bits per heavy atom. The van der Waals surface area contributed by atoms with Crippen molar-refractivity contribution in [1.82, 2.24) is 5.32 Å². The van der Waals surface area contributed by atoms with Gasteiger partial charge in [-0.15, -0.1) is 12.4 Å². The second-order valence-electron chi connectivity index (χ2n) is 5.33. The Hall–Kier alpha value is -1.26. The lowest BCUT2D eigenvalue weighted by Crippen LogP contribution is -2.37. The third-order valence-corrected chi connectivity index (χ3v) is 3.77. The van der Waals surface area contributed by atoms with Gasteiger partial charge >= 0.3 is 0 Å². The summed E-state index contributed by atoms with van der Waals surface area (Å²) in [5.41, 5.74) is 7.26. The number of amides is 1. The predicted molar refractivity (Wildman–Crippen MR) is 82.8 cm³/mol. The van der Waals surface area contributed by atoms with Gasteiger partial charge < -0.3 is 16.2 Å². The van der Waals surface area contributed by atoms with Crippen LogP contribution >= 0.6 is 12.4 Å². The molecule has 0 radical (unpaired) electrons. The molecule has 0 heterocycles. The molecule has 0 bridgehead atoms. The van der Waals surface area contributed by atoms with E-state index in [1.807, 2.05) is 12.1 Å². The highest BCUT2D eigenvalue weighted by Gasteiger charge is 2.23. The molecule has 2 unspecified atom stereocenters. The van der Waals surface area contributed by atoms with Gasteiger partial charge in [0.15, 0.2) is 0 Å². The molecule has 5 heteroatoms. The number of rotatable bonds is 4. The van der Waals surface area contributed by atoms with E-state index in [0.717, 1.165) is 31.2 Å². The van der Waals surface area contributed by atoms with E-state index in [-0.39, 0.29) is 30.3 Å². The van der Waals surface area contributed by atoms with E-state index in [1.54, 1.807) is 12.1 Å². The van der Waals surface area contributed by atoms with E-state index in [2.05, 4.69) is 5.32 Å². The van der Waals surface area contributed by atoms with Gasteiger partial charge in [0.25, 0.3) is 0 Å². The van der Waals surface area contributed by atoms with Gasteiger partial charge in [-0.1, -0.05) is 25.0 Å². The lowest BCUT2D eigenvalue weighted by atomic mass is 9.86. The van der Waals surface area contributed by atoms with E-state index in [0.29, 0.717) is 18.7 Å². The van der Waals surface area contributed by atoms with Gasteiger partial charge in [0.1, 0.15) is 0 Å². The number of anilines is 1. The van der Waals surface area contributed by atoms with E-state index in [1.165, 1.54) is 0 Å². The summed E-state index contributed by atoms with van der Waals surface area (Å²) in [5.74, 6) is 0.215. The average Bonchev–Trinajstić information content (AvgIpc) is 2.40. The minimum Gasteiger partial charge on any atom is -0.399 e. The maximum absolute atomic E-state index is 11.8. The molecule has 0 aromatic heterocycles. The highest BCUT2D eigenvalue weighted by Crippen LogP contribution is 2.23. The molecule has 112 valence electrons. The summed E-state index contributed by atoms with van der Waals surface area (Å²) >= 11 is 0. The molecule has 1 amide bonds. The summed E-state index contributed by atoms with van der Waals surface area (Å²) in [6.45, 7) is 0.578. The zero-order chi connectivity index (χ0) is 13.7. The molecule has 1 aromatic carbocycles. The van der Waals surface area contributed by atoms with Crippen LogP contribution in [-0.4, -0.2) is 23.7 Å². The third kappa shape index (κ3) is 5.02. The molecule has 2 atom stereocenters. The molecule has 20 heavy (non-hydrogen) atoms. The van der Waals surface area contributed by atoms with E-state index < -0.39 is 0 Å². The van der Waals surface area contributed by atoms with Crippen LogP contribution in [0.5, 0.6) is 0 Å². The molecule has 1 fully saturated rings. The molecule has 0 aliphatic heterocycles. The van der Waals surface area contributed by atoms with Crippen LogP contribution in [0.3, 0.4) is 0 Å². The van der Waals surface area contributed by atoms with Crippen molar-refractivity contribution in [2.45, 2.75) is 38.2 Å². The number of nitrogens with two attached hydrogens (primary N) is 1. The summed E-state index contributed by atoms with van der Waals surface area (Å²) in [5, 5.41) is 12.8. The fraction of sp³-hybridized carbons (Fsp3) is 0.533. The zero-order valence-corrected chi connectivity index (χ0v) is 12.4. The molecule has 0 spiro atoms. The van der Waals surface area contributed by atoms with Crippen LogP contribution in [-0.2, 0) is 11.2 Å². The quantitative estimate of drug-likeness (QED) is 0.743. The van der Waals surface area contributed by atoms with Gasteiger partial charge in [0, 0.05) is 18.2 Å². The molecular formula is C15H23ClN2O2. The van der Waals surface area contributed by atoms with Gasteiger partial charge in [-0.3, -0.25) is 4.79 Å². The van der Waals surface area contributed by atoms with Crippen LogP contribution in [0.25, 0.3) is 0 Å². The molecule has 1 aromatic rings. The van der Waals surface area contributed by atoms with E-state index in [9.17, 15) is 9.90 Å². The predicted octanol–water partition coefficient (Wildman–Crippen LogP) is 1.90. The smallest absolute Gasteiger partial charge is 0.224 e. The molecule has 1 aliphatic rings. The number of hydrogen-bond acceptors (Lipinski definition) is 3. The van der Waals surface area contributed by atoms with Crippen molar-refractivity contribution in [3.63, 3.8) is 0 Å². The highest BCUT2D eigenvalue weighted by atomic mass is 35.5. The molecule has 2 rings (SSSR count). The van der Waals surface area contributed by atoms with Gasteiger partial charge in [0.2, 0.25) is 5.91 Å². The Morgan fingerprint density at radius 1 is 1.25 bits per heavy atom. The first-order valence-electron chi connectivity index (χ1n) is 6.94. The molecule has 4 N–H and O–H groups in total. The van der Waals surface area contributed by atoms with Crippen molar-refractivity contribution in [1.29, 1.82) is 0 Å². The fourth-order valence-corrected chi connectivity index (χ4v) is 2.55. The Kier molecular flexibility index (Phi) is 6.82. The highest BCUT2D eigenvalue weighted by molar-refractivity contribution is 5.85. The maximum Gasteiger partial charge on any atom is 0.224 e. The fourth-order valence-electron chi connectivity index (χ4n) is 2.55. The van der Waals surface area contributed by atoms with Crippen molar-refractivity contribution >= 4 is 24.0 Å². The van der Waals surface area contributed by atoms with Crippen LogP contribution in [0.2, 0.25) is 0 Å². The van der Waals surface area contributed by atoms with E-state index >= 15 is 0 Å². The van der Waals surface area contributed by atoms with Crippen molar-refractivity contribution in [2.75, 3.05) is 12.3 Å². The van der Waals surface area contributed by atoms with Crippen LogP contribution in [0.4, 0.5) is 5.69 Å². The number of aliphatic hydroxyl groups is 1. The number of nitrogen functional groups attached to an aromatic ring is 1. The molecule has 4 nitrogen and oxygen atoms in total. The second kappa shape index (κ2) is 8.12. The number of hydrogen-bond donors (Lipinski definition) is 3. The maximum atomic E-state index is 11.8. The lowest BCUT2D eigenvalue weighted by Gasteiger charge is -2.27. The summed E-state index contributed by atoms with van der Waals surface area (Å²) in [7, 11) is 0. The SMILES string of the molecule is Cl.Nc1ccc(CC(=O)NCC2CCCCC2O)cc1. The first kappa shape index (κ1) is 16.8. The molecule has 1 aliphatic carbocycles. The lowest BCUT2D eigenvalue weighted by molar-refractivity contribution is -0.120. The number of carbonyl (C=O) groups is 1. The van der Waals surface area contributed by atoms with Crippen LogP contribution in [0.1, 0.15) is 31.2 Å². The standard InChI is InChI=1S/C15H22N2O2.ClH/c16-13-7-5-11(6-8-13)9-15(19)17-10-12-3-1-2-4-14(12)18;/h5-8,12,14,18H,1-4,9-10,16H2,(H,17,19);1H. The summed E-state index contributed by atoms with van der Waals surface area (Å²) in [6, 6.07) is 7.33. The Bertz CT molecular complexity index is 422. The Labute approximate surface area is 126 Å². The monoisotopic (exact) mass is 298 g/mol. The number of halogens is 1. The number of aliphatic hydroxyl groups excluding tert-OH is 1. The largest absolute Gasteiger partial charge is 0.399 e. The van der Waals surface area contributed by atoms with Gasteiger partial charge in [-0.2, -0.15) is 0 Å². The first-order chi connectivity index (χ1) is 9.15. The van der Waals surface area contributed by atoms with Gasteiger partial charge in [0.05, 0.1) is 12.5 Å². The Balaban J connectivity index is 0.00000200. The molecule has 0 saturated heterocycles. The minimum atomic E-state index is -0.259. The second-order valence-corrected chi connectivity index (χ2v) is 5.33. The van der Waals surface area contributed by atoms with Crippen molar-refractivity contribution in [3.05, 3.63) is 29.8 Å². The minimum absolute atomic E-state index is 0. The summed E-state index contributed by atoms with van der Waals surface area (Å²) in [4.78, 5) is 11.8. The van der Waals surface area contributed by atoms with Crippen molar-refractivity contribution in [3.8, 4) is 0 Å². The zero-order valence-electron chi connectivity index (χ0n) is 11.5. The normalized spacial score (nSPS) is 21.9. The van der Waals surface area contributed by atoms with Crippen LogP contribution in [0.15, 0.2) is 24.3 Å². The van der Waals surface area contributed by atoms with Gasteiger partial charge in [-0.25, -0.2) is 0 Å². The summed E-state index contributed by atoms with van der Waals surface area (Å²) in [6.07, 6.45) is 4.21. The van der Waals surface area contributed by atoms with Crippen LogP contribution in [0, 0.1) is 5.92 Å². The third-order valence-electron chi connectivity index (χ3n) is 3.77. The van der Waals surface area contributed by atoms with Crippen molar-refractivity contribution < 1.29 is 9.90 Å². The van der Waals surface area contributed by atoms with E-state index in [4.69, 9.17) is 5.73 Å². The average molecular weight is 299 g/mol. The number of benzene rings is 1. The molecular weight excluding hydrogens is 276 g/mol. The summed E-state index contributed by atoms with van der Waals surface area (Å²) < 4.78 is 0. The number of carbonyl (C=O) groups excluding carboxylic acids is 1. The first-order valence-corrected chi connectivity index (χ1v) is 6.94. The van der Waals surface area contributed by atoms with Crippen molar-refractivity contribution in [2.24, 2.45) is 5.92 Å². The number of nitrogens with one attached hydrogen (secondary N) is 1. The topological polar surface area (TPSA) is 75.4 Å². The molecule has 1 saturated carbocycles. The van der Waals surface area contributed by atoms with Crippen LogP contribution < -0.4 is 11.1 Å². The van der Waals surface area contributed by atoms with Gasteiger partial charge in [-0.05, 0) is 30.5 Å². The Morgan fingerprint density at radius 3 is 2.55 bits per heavy atom.